The molecule has 0 radical (unpaired) electrons. The maximum atomic E-state index is 10.3. The molecule has 0 aliphatic heterocycles. The minimum Gasteiger partial charge on any atom is -0.297 e. The van der Waals surface area contributed by atoms with Gasteiger partial charge >= 0.3 is 0 Å². The Morgan fingerprint density at radius 3 is 2.12 bits per heavy atom. The van der Waals surface area contributed by atoms with E-state index in [1.165, 1.54) is 49.0 Å². The smallest absolute Gasteiger partial charge is 0.160 e. The zero-order chi connectivity index (χ0) is 12.0. The minimum absolute atomic E-state index is 0.854. The summed E-state index contributed by atoms with van der Waals surface area (Å²) in [6.45, 7) is 6.34. The number of carbonyl (C=O) groups excluding carboxylic acids is 1. The summed E-state index contributed by atoms with van der Waals surface area (Å²) in [5, 5.41) is 2.00. The zero-order valence-corrected chi connectivity index (χ0v) is 11.4. The molecular formula is C14H22OS. The van der Waals surface area contributed by atoms with Crippen molar-refractivity contribution in [1.82, 2.24) is 0 Å². The van der Waals surface area contributed by atoms with Crippen LogP contribution in [0.4, 0.5) is 0 Å². The van der Waals surface area contributed by atoms with E-state index in [9.17, 15) is 4.79 Å². The van der Waals surface area contributed by atoms with Crippen molar-refractivity contribution in [1.29, 1.82) is 0 Å². The van der Waals surface area contributed by atoms with Gasteiger partial charge in [-0.05, 0) is 36.3 Å². The number of rotatable bonds is 1. The normalized spacial score (nSPS) is 16.4. The van der Waals surface area contributed by atoms with Crippen molar-refractivity contribution in [2.24, 2.45) is 5.92 Å². The number of aryl methyl sites for hydroxylation is 1. The van der Waals surface area contributed by atoms with Gasteiger partial charge in [0.1, 0.15) is 0 Å². The second-order valence-electron chi connectivity index (χ2n) is 4.77. The van der Waals surface area contributed by atoms with Gasteiger partial charge in [0.2, 0.25) is 0 Å². The topological polar surface area (TPSA) is 17.1 Å². The Labute approximate surface area is 103 Å². The van der Waals surface area contributed by atoms with Crippen molar-refractivity contribution >= 4 is 17.6 Å². The van der Waals surface area contributed by atoms with Crippen molar-refractivity contribution in [3.05, 3.63) is 21.4 Å². The predicted molar refractivity (Wildman–Crippen MR) is 71.4 cm³/mol. The lowest BCUT2D eigenvalue weighted by Gasteiger charge is -2.15. The maximum absolute atomic E-state index is 10.3. The molecule has 0 aromatic carbocycles. The van der Waals surface area contributed by atoms with Crippen LogP contribution in [0.25, 0.3) is 0 Å². The van der Waals surface area contributed by atoms with Gasteiger partial charge < -0.3 is 0 Å². The summed E-state index contributed by atoms with van der Waals surface area (Å²) in [7, 11) is 0. The molecule has 16 heavy (non-hydrogen) atoms. The molecule has 0 bridgehead atoms. The second kappa shape index (κ2) is 6.85. The van der Waals surface area contributed by atoms with E-state index in [0.717, 1.165) is 22.6 Å². The van der Waals surface area contributed by atoms with Crippen LogP contribution in [-0.2, 0) is 0 Å². The van der Waals surface area contributed by atoms with E-state index < -0.39 is 0 Å². The molecular weight excluding hydrogens is 216 g/mol. The van der Waals surface area contributed by atoms with Gasteiger partial charge in [-0.25, -0.2) is 0 Å². The number of thiophene rings is 1. The molecule has 1 saturated carbocycles. The summed E-state index contributed by atoms with van der Waals surface area (Å²) < 4.78 is 0. The third-order valence-corrected chi connectivity index (χ3v) is 4.45. The molecule has 1 aromatic rings. The highest BCUT2D eigenvalue weighted by Gasteiger charge is 2.05. The van der Waals surface area contributed by atoms with Crippen LogP contribution in [0.1, 0.15) is 59.8 Å². The van der Waals surface area contributed by atoms with Crippen LogP contribution < -0.4 is 0 Å². The van der Waals surface area contributed by atoms with Crippen molar-refractivity contribution in [2.75, 3.05) is 0 Å². The predicted octanol–water partition coefficient (Wildman–Crippen LogP) is 4.76. The molecule has 0 amide bonds. The highest BCUT2D eigenvalue weighted by Crippen LogP contribution is 2.22. The standard InChI is InChI=1S/C7H8OS.C7H14/c1-5-4-9-7(3-8)6(5)2;1-7-5-3-2-4-6-7/h3-4H,1-2H3;7H,2-6H2,1H3. The Hall–Kier alpha value is -0.630. The highest BCUT2D eigenvalue weighted by atomic mass is 32.1. The summed E-state index contributed by atoms with van der Waals surface area (Å²) >= 11 is 1.51. The summed E-state index contributed by atoms with van der Waals surface area (Å²) in [6.07, 6.45) is 8.35. The first-order chi connectivity index (χ1) is 7.65. The fourth-order valence-corrected chi connectivity index (χ4v) is 2.82. The fraction of sp³-hybridized carbons (Fsp3) is 0.643. The maximum Gasteiger partial charge on any atom is 0.160 e. The Morgan fingerprint density at radius 1 is 1.25 bits per heavy atom. The summed E-state index contributed by atoms with van der Waals surface area (Å²) in [5.74, 6) is 1.04. The summed E-state index contributed by atoms with van der Waals surface area (Å²) in [5.41, 5.74) is 2.33. The molecule has 90 valence electrons. The molecule has 0 N–H and O–H groups in total. The average molecular weight is 238 g/mol. The molecule has 0 atom stereocenters. The van der Waals surface area contributed by atoms with Crippen LogP contribution in [0.3, 0.4) is 0 Å². The molecule has 1 nitrogen and oxygen atoms in total. The molecule has 1 aliphatic rings. The van der Waals surface area contributed by atoms with Gasteiger partial charge in [-0.1, -0.05) is 39.0 Å². The average Bonchev–Trinajstić information content (AvgIpc) is 2.61. The Morgan fingerprint density at radius 2 is 1.88 bits per heavy atom. The van der Waals surface area contributed by atoms with E-state index in [-0.39, 0.29) is 0 Å². The van der Waals surface area contributed by atoms with Crippen LogP contribution in [0.5, 0.6) is 0 Å². The fourth-order valence-electron chi connectivity index (χ4n) is 1.95. The third kappa shape index (κ3) is 4.09. The summed E-state index contributed by atoms with van der Waals surface area (Å²) in [4.78, 5) is 11.1. The third-order valence-electron chi connectivity index (χ3n) is 3.32. The van der Waals surface area contributed by atoms with Gasteiger partial charge in [-0.15, -0.1) is 11.3 Å². The minimum atomic E-state index is 0.854. The molecule has 0 saturated heterocycles. The van der Waals surface area contributed by atoms with Gasteiger partial charge in [-0.2, -0.15) is 0 Å². The van der Waals surface area contributed by atoms with Crippen molar-refractivity contribution < 1.29 is 4.79 Å². The lowest BCUT2D eigenvalue weighted by atomic mass is 9.91. The van der Waals surface area contributed by atoms with Crippen LogP contribution in [-0.4, -0.2) is 6.29 Å². The van der Waals surface area contributed by atoms with Crippen LogP contribution in [0, 0.1) is 19.8 Å². The number of hydrogen-bond donors (Lipinski definition) is 0. The van der Waals surface area contributed by atoms with Crippen molar-refractivity contribution in [2.45, 2.75) is 52.9 Å². The van der Waals surface area contributed by atoms with Crippen LogP contribution in [0.2, 0.25) is 0 Å². The van der Waals surface area contributed by atoms with Crippen molar-refractivity contribution in [3.8, 4) is 0 Å². The van der Waals surface area contributed by atoms with E-state index >= 15 is 0 Å². The largest absolute Gasteiger partial charge is 0.297 e. The molecule has 2 heteroatoms. The highest BCUT2D eigenvalue weighted by molar-refractivity contribution is 7.12. The Bertz CT molecular complexity index is 321. The molecule has 1 heterocycles. The first kappa shape index (κ1) is 13.4. The van der Waals surface area contributed by atoms with E-state index in [4.69, 9.17) is 0 Å². The van der Waals surface area contributed by atoms with E-state index in [1.807, 2.05) is 19.2 Å². The molecule has 0 spiro atoms. The van der Waals surface area contributed by atoms with E-state index in [1.54, 1.807) is 0 Å². The number of hydrogen-bond acceptors (Lipinski definition) is 2. The zero-order valence-electron chi connectivity index (χ0n) is 10.6. The quantitative estimate of drug-likeness (QED) is 0.644. The van der Waals surface area contributed by atoms with Gasteiger partial charge in [0.05, 0.1) is 4.88 Å². The Kier molecular flexibility index (Phi) is 5.75. The molecule has 2 rings (SSSR count). The molecule has 1 aliphatic carbocycles. The van der Waals surface area contributed by atoms with Crippen LogP contribution in [0.15, 0.2) is 5.38 Å². The van der Waals surface area contributed by atoms with E-state index in [0.29, 0.717) is 0 Å². The molecule has 1 fully saturated rings. The van der Waals surface area contributed by atoms with Gasteiger partial charge in [0.25, 0.3) is 0 Å². The molecule has 0 unspecified atom stereocenters. The number of aldehydes is 1. The monoisotopic (exact) mass is 238 g/mol. The second-order valence-corrected chi connectivity index (χ2v) is 5.68. The van der Waals surface area contributed by atoms with Crippen molar-refractivity contribution in [3.63, 3.8) is 0 Å². The lowest BCUT2D eigenvalue weighted by Crippen LogP contribution is -1.99. The lowest BCUT2D eigenvalue weighted by molar-refractivity contribution is 0.112. The van der Waals surface area contributed by atoms with Crippen LogP contribution >= 0.6 is 11.3 Å². The first-order valence-electron chi connectivity index (χ1n) is 6.15. The van der Waals surface area contributed by atoms with Gasteiger partial charge in [0, 0.05) is 0 Å². The SMILES string of the molecule is CC1CCCCC1.Cc1csc(C=O)c1C. The van der Waals surface area contributed by atoms with Gasteiger partial charge in [0.15, 0.2) is 6.29 Å². The summed E-state index contributed by atoms with van der Waals surface area (Å²) in [6, 6.07) is 0. The first-order valence-corrected chi connectivity index (χ1v) is 7.03. The van der Waals surface area contributed by atoms with Gasteiger partial charge in [-0.3, -0.25) is 4.79 Å². The number of carbonyl (C=O) groups is 1. The Balaban J connectivity index is 0.000000165. The van der Waals surface area contributed by atoms with E-state index in [2.05, 4.69) is 6.92 Å². The molecule has 1 aromatic heterocycles.